The van der Waals surface area contributed by atoms with Gasteiger partial charge in [0.05, 0.1) is 17.2 Å². The number of urea groups is 1. The lowest BCUT2D eigenvalue weighted by Gasteiger charge is -2.09. The fraction of sp³-hybridized carbons (Fsp3) is 0.136. The minimum Gasteiger partial charge on any atom is -0.460 e. The number of carbonyl (C=O) groups is 1. The molecule has 0 saturated heterocycles. The Bertz CT molecular complexity index is 1180. The number of aromatic nitrogens is 3. The molecule has 0 aliphatic heterocycles. The van der Waals surface area contributed by atoms with Crippen LogP contribution in [-0.2, 0) is 4.74 Å². The highest BCUT2D eigenvalue weighted by atomic mass is 35.5. The molecule has 10 heteroatoms. The molecular weight excluding hydrogens is 450 g/mol. The molecule has 0 bridgehead atoms. The Morgan fingerprint density at radius 3 is 2.59 bits per heavy atom. The smallest absolute Gasteiger partial charge is 0.336 e. The highest BCUT2D eigenvalue weighted by Crippen LogP contribution is 2.28. The molecule has 0 aliphatic rings. The zero-order valence-corrected chi connectivity index (χ0v) is 18.7. The quantitative estimate of drug-likeness (QED) is 0.341. The maximum atomic E-state index is 12.3. The molecule has 2 aromatic carbocycles. The van der Waals surface area contributed by atoms with Gasteiger partial charge >= 0.3 is 12.0 Å². The average molecular weight is 470 g/mol. The number of amides is 2. The fourth-order valence-electron chi connectivity index (χ4n) is 2.86. The van der Waals surface area contributed by atoms with Gasteiger partial charge in [0, 0.05) is 23.5 Å². The average Bonchev–Trinajstić information content (AvgIpc) is 3.44. The number of methoxy groups -OCH3 is 1. The molecule has 4 rings (SSSR count). The Balaban J connectivity index is 1.50. The van der Waals surface area contributed by atoms with E-state index in [2.05, 4.69) is 20.7 Å². The molecule has 0 fully saturated rings. The molecule has 2 aromatic heterocycles. The number of carbonyl (C=O) groups excluding carboxylic acids is 1. The third kappa shape index (κ3) is 5.44. The van der Waals surface area contributed by atoms with Gasteiger partial charge in [0.2, 0.25) is 0 Å². The number of anilines is 2. The number of hydrogen-bond acceptors (Lipinski definition) is 6. The van der Waals surface area contributed by atoms with Crippen LogP contribution in [0.2, 0.25) is 5.02 Å². The monoisotopic (exact) mass is 469 g/mol. The van der Waals surface area contributed by atoms with E-state index in [0.29, 0.717) is 35.4 Å². The predicted octanol–water partition coefficient (Wildman–Crippen LogP) is 5.32. The first-order valence-electron chi connectivity index (χ1n) is 9.69. The van der Waals surface area contributed by atoms with Gasteiger partial charge in [0.25, 0.3) is 0 Å². The van der Waals surface area contributed by atoms with E-state index in [1.807, 2.05) is 29.6 Å². The Labute approximate surface area is 193 Å². The molecule has 8 nitrogen and oxygen atoms in total. The summed E-state index contributed by atoms with van der Waals surface area (Å²) >= 11 is 7.51. The van der Waals surface area contributed by atoms with Gasteiger partial charge in [-0.15, -0.1) is 16.4 Å². The number of rotatable bonds is 8. The van der Waals surface area contributed by atoms with Crippen LogP contribution in [0.1, 0.15) is 0 Å². The molecule has 2 heterocycles. The van der Waals surface area contributed by atoms with E-state index in [1.165, 1.54) is 0 Å². The predicted molar refractivity (Wildman–Crippen MR) is 126 cm³/mol. The lowest BCUT2D eigenvalue weighted by Crippen LogP contribution is -2.19. The van der Waals surface area contributed by atoms with Crippen LogP contribution >= 0.6 is 22.9 Å². The number of nitrogens with zero attached hydrogens (tertiary/aromatic N) is 3. The fourth-order valence-corrected chi connectivity index (χ4v) is 3.75. The minimum atomic E-state index is -0.367. The third-order valence-electron chi connectivity index (χ3n) is 4.30. The van der Waals surface area contributed by atoms with Gasteiger partial charge in [-0.1, -0.05) is 23.7 Å². The summed E-state index contributed by atoms with van der Waals surface area (Å²) in [5, 5.41) is 12.6. The minimum absolute atomic E-state index is 0.272. The summed E-state index contributed by atoms with van der Waals surface area (Å²) in [6.07, 6.45) is 0. The van der Waals surface area contributed by atoms with Crippen LogP contribution in [0, 0.1) is 0 Å². The number of benzene rings is 2. The third-order valence-corrected chi connectivity index (χ3v) is 5.40. The molecule has 2 N–H and O–H groups in total. The van der Waals surface area contributed by atoms with Crippen molar-refractivity contribution >= 4 is 40.3 Å². The molecule has 0 radical (unpaired) electrons. The van der Waals surface area contributed by atoms with Crippen LogP contribution in [0.3, 0.4) is 0 Å². The summed E-state index contributed by atoms with van der Waals surface area (Å²) in [4.78, 5) is 17.7. The van der Waals surface area contributed by atoms with E-state index in [9.17, 15) is 4.79 Å². The number of thiophene rings is 1. The highest BCUT2D eigenvalue weighted by Gasteiger charge is 2.16. The van der Waals surface area contributed by atoms with E-state index < -0.39 is 0 Å². The first kappa shape index (κ1) is 21.8. The Morgan fingerprint density at radius 1 is 1.06 bits per heavy atom. The van der Waals surface area contributed by atoms with E-state index in [-0.39, 0.29) is 12.0 Å². The van der Waals surface area contributed by atoms with Gasteiger partial charge in [0.1, 0.15) is 6.61 Å². The maximum absolute atomic E-state index is 12.3. The summed E-state index contributed by atoms with van der Waals surface area (Å²) in [7, 11) is 1.61. The van der Waals surface area contributed by atoms with Crippen molar-refractivity contribution in [2.24, 2.45) is 0 Å². The van der Waals surface area contributed by atoms with E-state index in [0.717, 1.165) is 10.6 Å². The molecule has 4 aromatic rings. The molecule has 164 valence electrons. The Kier molecular flexibility index (Phi) is 7.00. The summed E-state index contributed by atoms with van der Waals surface area (Å²) in [6, 6.07) is 18.1. The zero-order valence-electron chi connectivity index (χ0n) is 17.1. The summed E-state index contributed by atoms with van der Waals surface area (Å²) < 4.78 is 12.3. The van der Waals surface area contributed by atoms with Gasteiger partial charge in [-0.3, -0.25) is 0 Å². The second-order valence-corrected chi connectivity index (χ2v) is 7.97. The standard InChI is InChI=1S/C22H20ClN5O3S/c1-30-11-12-31-22-26-20(19-6-3-13-32-19)28(27-22)18-9-7-16(8-10-18)24-21(29)25-17-5-2-4-15(23)14-17/h2-10,13-14H,11-12H2,1H3,(H2,24,25,29). The first-order chi connectivity index (χ1) is 15.6. The van der Waals surface area contributed by atoms with Gasteiger partial charge in [-0.25, -0.2) is 9.48 Å². The van der Waals surface area contributed by atoms with E-state index >= 15 is 0 Å². The largest absolute Gasteiger partial charge is 0.460 e. The van der Waals surface area contributed by atoms with Crippen LogP contribution < -0.4 is 15.4 Å². The van der Waals surface area contributed by atoms with Crippen LogP contribution in [0.5, 0.6) is 6.01 Å². The first-order valence-corrected chi connectivity index (χ1v) is 10.9. The van der Waals surface area contributed by atoms with Crippen molar-refractivity contribution < 1.29 is 14.3 Å². The van der Waals surface area contributed by atoms with Crippen LogP contribution in [0.25, 0.3) is 16.4 Å². The van der Waals surface area contributed by atoms with Gasteiger partial charge in [-0.2, -0.15) is 4.98 Å². The lowest BCUT2D eigenvalue weighted by atomic mass is 10.2. The van der Waals surface area contributed by atoms with E-state index in [4.69, 9.17) is 21.1 Å². The van der Waals surface area contributed by atoms with Crippen molar-refractivity contribution in [1.82, 2.24) is 14.8 Å². The second-order valence-electron chi connectivity index (χ2n) is 6.58. The van der Waals surface area contributed by atoms with Crippen LogP contribution in [0.15, 0.2) is 66.0 Å². The summed E-state index contributed by atoms with van der Waals surface area (Å²) in [5.41, 5.74) is 2.02. The second kappa shape index (κ2) is 10.3. The van der Waals surface area contributed by atoms with Crippen molar-refractivity contribution in [3.63, 3.8) is 0 Å². The normalized spacial score (nSPS) is 10.7. The number of nitrogens with one attached hydrogen (secondary N) is 2. The van der Waals surface area contributed by atoms with Crippen molar-refractivity contribution in [3.05, 3.63) is 71.1 Å². The molecule has 32 heavy (non-hydrogen) atoms. The van der Waals surface area contributed by atoms with Crippen LogP contribution in [-0.4, -0.2) is 41.1 Å². The zero-order chi connectivity index (χ0) is 22.3. The summed E-state index contributed by atoms with van der Waals surface area (Å²) in [6.45, 7) is 0.801. The molecular formula is C22H20ClN5O3S. The molecule has 0 aliphatic carbocycles. The molecule has 2 amide bonds. The van der Waals surface area contributed by atoms with Gasteiger partial charge < -0.3 is 20.1 Å². The lowest BCUT2D eigenvalue weighted by molar-refractivity contribution is 0.141. The van der Waals surface area contributed by atoms with Gasteiger partial charge in [0.15, 0.2) is 5.82 Å². The SMILES string of the molecule is COCCOc1nc(-c2cccs2)n(-c2ccc(NC(=O)Nc3cccc(Cl)c3)cc2)n1. The molecule has 0 spiro atoms. The maximum Gasteiger partial charge on any atom is 0.336 e. The van der Waals surface area contributed by atoms with Gasteiger partial charge in [-0.05, 0) is 53.9 Å². The van der Waals surface area contributed by atoms with Crippen molar-refractivity contribution in [3.8, 4) is 22.4 Å². The topological polar surface area (TPSA) is 90.3 Å². The highest BCUT2D eigenvalue weighted by molar-refractivity contribution is 7.13. The van der Waals surface area contributed by atoms with Crippen LogP contribution in [0.4, 0.5) is 16.2 Å². The number of ether oxygens (including phenoxy) is 2. The molecule has 0 atom stereocenters. The van der Waals surface area contributed by atoms with Crippen molar-refractivity contribution in [1.29, 1.82) is 0 Å². The Morgan fingerprint density at radius 2 is 1.88 bits per heavy atom. The Hall–Kier alpha value is -3.40. The van der Waals surface area contributed by atoms with E-state index in [1.54, 1.807) is 59.5 Å². The van der Waals surface area contributed by atoms with Crippen molar-refractivity contribution in [2.45, 2.75) is 0 Å². The van der Waals surface area contributed by atoms with Crippen molar-refractivity contribution in [2.75, 3.05) is 31.0 Å². The molecule has 0 saturated carbocycles. The molecule has 0 unspecified atom stereocenters. The number of hydrogen-bond donors (Lipinski definition) is 2. The number of halogens is 1. The summed E-state index contributed by atoms with van der Waals surface area (Å²) in [5.74, 6) is 0.673.